The highest BCUT2D eigenvalue weighted by Crippen LogP contribution is 2.38. The summed E-state index contributed by atoms with van der Waals surface area (Å²) in [7, 11) is 0. The van der Waals surface area contributed by atoms with Crippen molar-refractivity contribution >= 4 is 28.5 Å². The van der Waals surface area contributed by atoms with Crippen LogP contribution in [-0.4, -0.2) is 15.8 Å². The quantitative estimate of drug-likeness (QED) is 0.200. The Morgan fingerprint density at radius 2 is 1.02 bits per heavy atom. The molecule has 0 saturated carbocycles. The van der Waals surface area contributed by atoms with E-state index in [-0.39, 0.29) is 28.5 Å². The number of hydrogen-bond donors (Lipinski definition) is 2. The first-order chi connectivity index (χ1) is 19.6. The molecule has 2 atom stereocenters. The number of alkyl halides is 6. The molecular formula is C29H22F8N4O. The number of benzene rings is 2. The Hall–Kier alpha value is -4.55. The van der Waals surface area contributed by atoms with Crippen molar-refractivity contribution in [3.8, 4) is 0 Å². The molecule has 0 fully saturated rings. The number of anilines is 4. The third kappa shape index (κ3) is 7.01. The number of halogens is 8. The van der Waals surface area contributed by atoms with Gasteiger partial charge in [0, 0.05) is 0 Å². The van der Waals surface area contributed by atoms with Gasteiger partial charge in [0.2, 0.25) is 0 Å². The monoisotopic (exact) mass is 594 g/mol. The SMILES string of the molecule is CC(C(=O)C(C)c1ccc(Nc2ccc(F)cc2C(F)(F)F)cn1)c1ccc(Nc2ccc(F)cc2C(F)(F)F)cn1. The van der Waals surface area contributed by atoms with Crippen molar-refractivity contribution in [1.82, 2.24) is 9.97 Å². The second kappa shape index (κ2) is 11.7. The molecule has 0 aliphatic rings. The normalized spacial score (nSPS) is 13.4. The van der Waals surface area contributed by atoms with Crippen LogP contribution in [0.25, 0.3) is 0 Å². The van der Waals surface area contributed by atoms with Gasteiger partial charge in [-0.15, -0.1) is 0 Å². The highest BCUT2D eigenvalue weighted by molar-refractivity contribution is 5.90. The van der Waals surface area contributed by atoms with Crippen molar-refractivity contribution in [2.24, 2.45) is 0 Å². The summed E-state index contributed by atoms with van der Waals surface area (Å²) in [5.41, 5.74) is -2.06. The smallest absolute Gasteiger partial charge is 0.354 e. The van der Waals surface area contributed by atoms with Gasteiger partial charge in [0.1, 0.15) is 17.4 Å². The van der Waals surface area contributed by atoms with Crippen LogP contribution >= 0.6 is 0 Å². The molecule has 0 amide bonds. The molecule has 2 heterocycles. The van der Waals surface area contributed by atoms with E-state index in [0.717, 1.165) is 24.3 Å². The zero-order chi connectivity index (χ0) is 30.8. The van der Waals surface area contributed by atoms with E-state index in [1.54, 1.807) is 13.8 Å². The van der Waals surface area contributed by atoms with Crippen LogP contribution in [0.5, 0.6) is 0 Å². The van der Waals surface area contributed by atoms with Crippen molar-refractivity contribution in [2.45, 2.75) is 38.0 Å². The van der Waals surface area contributed by atoms with E-state index in [1.165, 1.54) is 36.7 Å². The molecule has 4 aromatic rings. The van der Waals surface area contributed by atoms with E-state index < -0.39 is 46.9 Å². The zero-order valence-corrected chi connectivity index (χ0v) is 21.9. The highest BCUT2D eigenvalue weighted by Gasteiger charge is 2.35. The summed E-state index contributed by atoms with van der Waals surface area (Å²) in [6.45, 7) is 3.19. The molecule has 0 aliphatic carbocycles. The molecule has 2 aromatic carbocycles. The van der Waals surface area contributed by atoms with E-state index in [4.69, 9.17) is 0 Å². The topological polar surface area (TPSA) is 66.9 Å². The lowest BCUT2D eigenvalue weighted by molar-refractivity contribution is -0.137. The Morgan fingerprint density at radius 3 is 1.33 bits per heavy atom. The minimum absolute atomic E-state index is 0.183. The Morgan fingerprint density at radius 1 is 0.643 bits per heavy atom. The van der Waals surface area contributed by atoms with E-state index >= 15 is 0 Å². The summed E-state index contributed by atoms with van der Waals surface area (Å²) in [6, 6.07) is 10.3. The third-order valence-electron chi connectivity index (χ3n) is 6.45. The average Bonchev–Trinajstić information content (AvgIpc) is 2.93. The molecule has 0 radical (unpaired) electrons. The molecular weight excluding hydrogens is 572 g/mol. The molecule has 0 bridgehead atoms. The summed E-state index contributed by atoms with van der Waals surface area (Å²) in [4.78, 5) is 21.5. The maximum absolute atomic E-state index is 13.4. The lowest BCUT2D eigenvalue weighted by atomic mass is 9.90. The molecule has 0 aliphatic heterocycles. The van der Waals surface area contributed by atoms with Crippen molar-refractivity contribution < 1.29 is 39.9 Å². The van der Waals surface area contributed by atoms with Gasteiger partial charge in [0.05, 0.1) is 69.5 Å². The molecule has 0 saturated heterocycles. The number of ketones is 1. The van der Waals surface area contributed by atoms with Gasteiger partial charge in [-0.05, 0) is 74.5 Å². The van der Waals surface area contributed by atoms with Crippen LogP contribution in [0, 0.1) is 11.6 Å². The highest BCUT2D eigenvalue weighted by atomic mass is 19.4. The fraction of sp³-hybridized carbons (Fsp3) is 0.207. The van der Waals surface area contributed by atoms with Gasteiger partial charge < -0.3 is 10.6 Å². The average molecular weight is 595 g/mol. The predicted octanol–water partition coefficient (Wildman–Crippen LogP) is 8.76. The van der Waals surface area contributed by atoms with Crippen molar-refractivity contribution in [3.63, 3.8) is 0 Å². The van der Waals surface area contributed by atoms with Gasteiger partial charge in [-0.2, -0.15) is 26.3 Å². The van der Waals surface area contributed by atoms with E-state index in [0.29, 0.717) is 23.5 Å². The van der Waals surface area contributed by atoms with Gasteiger partial charge in [0.15, 0.2) is 0 Å². The Balaban J connectivity index is 1.44. The third-order valence-corrected chi connectivity index (χ3v) is 6.45. The second-order valence-electron chi connectivity index (χ2n) is 9.41. The Bertz CT molecular complexity index is 1450. The molecule has 220 valence electrons. The van der Waals surface area contributed by atoms with Gasteiger partial charge in [0.25, 0.3) is 0 Å². The second-order valence-corrected chi connectivity index (χ2v) is 9.41. The number of aromatic nitrogens is 2. The zero-order valence-electron chi connectivity index (χ0n) is 21.9. The van der Waals surface area contributed by atoms with Gasteiger partial charge in [-0.1, -0.05) is 0 Å². The van der Waals surface area contributed by atoms with Crippen LogP contribution in [-0.2, 0) is 17.1 Å². The van der Waals surface area contributed by atoms with E-state index in [1.807, 2.05) is 0 Å². The molecule has 0 spiro atoms. The van der Waals surface area contributed by atoms with Crippen molar-refractivity contribution in [3.05, 3.63) is 107 Å². The first-order valence-electron chi connectivity index (χ1n) is 12.4. The maximum atomic E-state index is 13.4. The molecule has 2 unspecified atom stereocenters. The molecule has 13 heteroatoms. The van der Waals surface area contributed by atoms with Crippen LogP contribution in [0.2, 0.25) is 0 Å². The summed E-state index contributed by atoms with van der Waals surface area (Å²) >= 11 is 0. The fourth-order valence-electron chi connectivity index (χ4n) is 4.17. The van der Waals surface area contributed by atoms with Crippen LogP contribution in [0.3, 0.4) is 0 Å². The summed E-state index contributed by atoms with van der Waals surface area (Å²) in [6.07, 6.45) is -7.08. The van der Waals surface area contributed by atoms with Crippen molar-refractivity contribution in [1.29, 1.82) is 0 Å². The number of hydrogen-bond acceptors (Lipinski definition) is 5. The maximum Gasteiger partial charge on any atom is 0.418 e. The minimum atomic E-state index is -4.79. The first-order valence-corrected chi connectivity index (χ1v) is 12.4. The van der Waals surface area contributed by atoms with Crippen LogP contribution in [0.4, 0.5) is 57.9 Å². The number of carbonyl (C=O) groups is 1. The van der Waals surface area contributed by atoms with Gasteiger partial charge in [-0.25, -0.2) is 8.78 Å². The predicted molar refractivity (Wildman–Crippen MR) is 140 cm³/mol. The number of nitrogens with one attached hydrogen (secondary N) is 2. The van der Waals surface area contributed by atoms with Crippen molar-refractivity contribution in [2.75, 3.05) is 10.6 Å². The molecule has 42 heavy (non-hydrogen) atoms. The number of nitrogens with zero attached hydrogens (tertiary/aromatic N) is 2. The van der Waals surface area contributed by atoms with Crippen LogP contribution < -0.4 is 10.6 Å². The largest absolute Gasteiger partial charge is 0.418 e. The number of carbonyl (C=O) groups excluding carboxylic acids is 1. The molecule has 2 N–H and O–H groups in total. The Labute approximate surface area is 234 Å². The summed E-state index contributed by atoms with van der Waals surface area (Å²) < 4.78 is 106. The number of Topliss-reactive ketones (excluding diaryl/α,β-unsaturated/α-hetero) is 1. The lowest BCUT2D eigenvalue weighted by Gasteiger charge is -2.18. The molecule has 4 rings (SSSR count). The molecule has 5 nitrogen and oxygen atoms in total. The lowest BCUT2D eigenvalue weighted by Crippen LogP contribution is -2.18. The first kappa shape index (κ1) is 30.4. The van der Waals surface area contributed by atoms with Gasteiger partial charge in [-0.3, -0.25) is 14.8 Å². The standard InChI is InChI=1S/C29H22F8N4O/c1-15(23-9-5-19(13-38-23)40-25-7-3-17(30)11-21(25)28(32,33)34)27(42)16(2)24-10-6-20(14-39-24)41-26-8-4-18(31)12-22(26)29(35,36)37/h3-16,40-41H,1-2H3. The number of pyridine rings is 2. The van der Waals surface area contributed by atoms with E-state index in [2.05, 4.69) is 20.6 Å². The summed E-state index contributed by atoms with van der Waals surface area (Å²) in [5, 5.41) is 5.11. The summed E-state index contributed by atoms with van der Waals surface area (Å²) in [5.74, 6) is -3.83. The van der Waals surface area contributed by atoms with Gasteiger partial charge >= 0.3 is 12.4 Å². The van der Waals surface area contributed by atoms with Crippen LogP contribution in [0.1, 0.15) is 48.2 Å². The fourth-order valence-corrected chi connectivity index (χ4v) is 4.17. The molecule has 2 aromatic heterocycles. The minimum Gasteiger partial charge on any atom is -0.354 e. The van der Waals surface area contributed by atoms with E-state index in [9.17, 15) is 39.9 Å². The van der Waals surface area contributed by atoms with Crippen LogP contribution in [0.15, 0.2) is 73.1 Å². The number of rotatable bonds is 8. The Kier molecular flexibility index (Phi) is 8.50.